The lowest BCUT2D eigenvalue weighted by atomic mass is 9.72. The third-order valence-corrected chi connectivity index (χ3v) is 7.61. The van der Waals surface area contributed by atoms with E-state index < -0.39 is 0 Å². The first kappa shape index (κ1) is 23.5. The molecule has 0 aromatic heterocycles. The zero-order valence-corrected chi connectivity index (χ0v) is 20.1. The molecule has 0 spiro atoms. The molecule has 2 aliphatic carbocycles. The summed E-state index contributed by atoms with van der Waals surface area (Å²) in [5.74, 6) is 3.04. The number of carbonyl (C=O) groups excluding carboxylic acids is 1. The van der Waals surface area contributed by atoms with Crippen LogP contribution in [0.2, 0.25) is 0 Å². The largest absolute Gasteiger partial charge is 0.497 e. The van der Waals surface area contributed by atoms with E-state index >= 15 is 0 Å². The van der Waals surface area contributed by atoms with Gasteiger partial charge in [0.05, 0.1) is 19.9 Å². The SMILES string of the molecule is COc1ccc(NC(=O)N(Cc2ccccc2)[C@H]2CC[C@@H](C3CCCCC3)CC2)c(OC)c1. The Kier molecular flexibility index (Phi) is 8.14. The molecule has 0 atom stereocenters. The van der Waals surface area contributed by atoms with Crippen LogP contribution in [-0.4, -0.2) is 31.2 Å². The molecular formula is C28H38N2O3. The highest BCUT2D eigenvalue weighted by Crippen LogP contribution is 2.40. The Morgan fingerprint density at radius 3 is 2.24 bits per heavy atom. The lowest BCUT2D eigenvalue weighted by molar-refractivity contribution is 0.120. The molecule has 4 rings (SSSR count). The first-order chi connectivity index (χ1) is 16.2. The molecule has 0 saturated heterocycles. The molecule has 0 bridgehead atoms. The van der Waals surface area contributed by atoms with Gasteiger partial charge in [-0.1, -0.05) is 62.4 Å². The number of ether oxygens (including phenoxy) is 2. The Morgan fingerprint density at radius 2 is 1.58 bits per heavy atom. The highest BCUT2D eigenvalue weighted by Gasteiger charge is 2.33. The number of anilines is 1. The van der Waals surface area contributed by atoms with Crippen molar-refractivity contribution in [2.45, 2.75) is 70.4 Å². The van der Waals surface area contributed by atoms with Gasteiger partial charge in [0.2, 0.25) is 0 Å². The maximum absolute atomic E-state index is 13.6. The molecule has 2 fully saturated rings. The Balaban J connectivity index is 1.47. The van der Waals surface area contributed by atoms with E-state index in [1.807, 2.05) is 35.2 Å². The molecule has 0 unspecified atom stereocenters. The molecule has 1 N–H and O–H groups in total. The van der Waals surface area contributed by atoms with Gasteiger partial charge in [0.1, 0.15) is 11.5 Å². The molecule has 0 radical (unpaired) electrons. The van der Waals surface area contributed by atoms with Crippen LogP contribution in [0.1, 0.15) is 63.4 Å². The lowest BCUT2D eigenvalue weighted by Gasteiger charge is -2.40. The predicted molar refractivity (Wildman–Crippen MR) is 133 cm³/mol. The van der Waals surface area contributed by atoms with Crippen LogP contribution in [0.5, 0.6) is 11.5 Å². The van der Waals surface area contributed by atoms with Crippen molar-refractivity contribution in [1.82, 2.24) is 4.90 Å². The van der Waals surface area contributed by atoms with Gasteiger partial charge in [0, 0.05) is 18.7 Å². The summed E-state index contributed by atoms with van der Waals surface area (Å²) in [6.45, 7) is 0.615. The fourth-order valence-electron chi connectivity index (χ4n) is 5.73. The fraction of sp³-hybridized carbons (Fsp3) is 0.536. The number of hydrogen-bond acceptors (Lipinski definition) is 3. The molecular weight excluding hydrogens is 412 g/mol. The zero-order chi connectivity index (χ0) is 23.0. The Labute approximate surface area is 198 Å². The summed E-state index contributed by atoms with van der Waals surface area (Å²) in [5, 5.41) is 3.11. The van der Waals surface area contributed by atoms with Crippen LogP contribution >= 0.6 is 0 Å². The second-order valence-corrected chi connectivity index (χ2v) is 9.58. The third kappa shape index (κ3) is 6.01. The van der Waals surface area contributed by atoms with Crippen molar-refractivity contribution in [1.29, 1.82) is 0 Å². The predicted octanol–water partition coefficient (Wildman–Crippen LogP) is 6.88. The second kappa shape index (κ2) is 11.4. The van der Waals surface area contributed by atoms with E-state index in [-0.39, 0.29) is 12.1 Å². The van der Waals surface area contributed by atoms with Gasteiger partial charge in [-0.3, -0.25) is 0 Å². The van der Waals surface area contributed by atoms with Crippen molar-refractivity contribution in [3.05, 3.63) is 54.1 Å². The van der Waals surface area contributed by atoms with Gasteiger partial charge in [-0.15, -0.1) is 0 Å². The Hall–Kier alpha value is -2.69. The maximum Gasteiger partial charge on any atom is 0.322 e. The summed E-state index contributed by atoms with van der Waals surface area (Å²) in [6.07, 6.45) is 11.7. The molecule has 0 heterocycles. The van der Waals surface area contributed by atoms with Crippen LogP contribution in [0.4, 0.5) is 10.5 Å². The average molecular weight is 451 g/mol. The summed E-state index contributed by atoms with van der Waals surface area (Å²) in [4.78, 5) is 15.6. The number of nitrogens with one attached hydrogen (secondary N) is 1. The smallest absolute Gasteiger partial charge is 0.322 e. The molecule has 2 saturated carbocycles. The number of nitrogens with zero attached hydrogens (tertiary/aromatic N) is 1. The monoisotopic (exact) mass is 450 g/mol. The first-order valence-electron chi connectivity index (χ1n) is 12.5. The molecule has 33 heavy (non-hydrogen) atoms. The average Bonchev–Trinajstić information content (AvgIpc) is 2.88. The number of rotatable bonds is 7. The number of urea groups is 1. The Morgan fingerprint density at radius 1 is 0.879 bits per heavy atom. The lowest BCUT2D eigenvalue weighted by Crippen LogP contribution is -2.44. The van der Waals surface area contributed by atoms with E-state index in [0.29, 0.717) is 23.7 Å². The first-order valence-corrected chi connectivity index (χ1v) is 12.5. The molecule has 0 aliphatic heterocycles. The van der Waals surface area contributed by atoms with Crippen molar-refractivity contribution in [3.8, 4) is 11.5 Å². The summed E-state index contributed by atoms with van der Waals surface area (Å²) in [7, 11) is 3.23. The third-order valence-electron chi connectivity index (χ3n) is 7.61. The highest BCUT2D eigenvalue weighted by atomic mass is 16.5. The standard InChI is InChI=1S/C28H38N2O3/c1-32-25-17-18-26(27(19-25)33-2)29-28(31)30(20-21-9-5-3-6-10-21)24-15-13-23(14-16-24)22-11-7-4-8-12-22/h3,5-6,9-10,17-19,22-24H,4,7-8,11-16,20H2,1-2H3,(H,29,31)/t23-,24+. The maximum atomic E-state index is 13.6. The quantitative estimate of drug-likeness (QED) is 0.500. The van der Waals surface area contributed by atoms with E-state index in [1.165, 1.54) is 44.9 Å². The minimum absolute atomic E-state index is 0.0663. The number of hydrogen-bond donors (Lipinski definition) is 1. The van der Waals surface area contributed by atoms with Crippen molar-refractivity contribution < 1.29 is 14.3 Å². The summed E-state index contributed by atoms with van der Waals surface area (Å²) in [5.41, 5.74) is 1.82. The molecule has 2 aliphatic rings. The minimum atomic E-state index is -0.0663. The van der Waals surface area contributed by atoms with E-state index in [9.17, 15) is 4.79 Å². The van der Waals surface area contributed by atoms with Crippen LogP contribution in [-0.2, 0) is 6.54 Å². The van der Waals surface area contributed by atoms with Crippen LogP contribution in [0, 0.1) is 11.8 Å². The summed E-state index contributed by atoms with van der Waals surface area (Å²) < 4.78 is 10.8. The van der Waals surface area contributed by atoms with E-state index in [4.69, 9.17) is 9.47 Å². The zero-order valence-electron chi connectivity index (χ0n) is 20.1. The van der Waals surface area contributed by atoms with Crippen LogP contribution in [0.3, 0.4) is 0 Å². The van der Waals surface area contributed by atoms with Gasteiger partial charge in [-0.05, 0) is 55.2 Å². The minimum Gasteiger partial charge on any atom is -0.497 e. The Bertz CT molecular complexity index is 887. The van der Waals surface area contributed by atoms with Crippen LogP contribution < -0.4 is 14.8 Å². The van der Waals surface area contributed by atoms with Gasteiger partial charge >= 0.3 is 6.03 Å². The van der Waals surface area contributed by atoms with Crippen LogP contribution in [0.25, 0.3) is 0 Å². The number of benzene rings is 2. The van der Waals surface area contributed by atoms with Crippen molar-refractivity contribution >= 4 is 11.7 Å². The molecule has 5 nitrogen and oxygen atoms in total. The molecule has 2 aromatic rings. The van der Waals surface area contributed by atoms with Crippen LogP contribution in [0.15, 0.2) is 48.5 Å². The van der Waals surface area contributed by atoms with Gasteiger partial charge in [0.25, 0.3) is 0 Å². The number of methoxy groups -OCH3 is 2. The number of amides is 2. The number of carbonyl (C=O) groups is 1. The summed E-state index contributed by atoms with van der Waals surface area (Å²) in [6, 6.07) is 16.0. The topological polar surface area (TPSA) is 50.8 Å². The van der Waals surface area contributed by atoms with Crippen molar-refractivity contribution in [2.24, 2.45) is 11.8 Å². The molecule has 5 heteroatoms. The van der Waals surface area contributed by atoms with Gasteiger partial charge in [-0.2, -0.15) is 0 Å². The normalized spacial score (nSPS) is 21.3. The second-order valence-electron chi connectivity index (χ2n) is 9.58. The highest BCUT2D eigenvalue weighted by molar-refractivity contribution is 5.91. The van der Waals surface area contributed by atoms with Gasteiger partial charge < -0.3 is 19.7 Å². The van der Waals surface area contributed by atoms with Gasteiger partial charge in [-0.25, -0.2) is 4.79 Å². The molecule has 2 amide bonds. The van der Waals surface area contributed by atoms with E-state index in [1.54, 1.807) is 20.3 Å². The molecule has 178 valence electrons. The fourth-order valence-corrected chi connectivity index (χ4v) is 5.73. The van der Waals surface area contributed by atoms with Crippen molar-refractivity contribution in [2.75, 3.05) is 19.5 Å². The summed E-state index contributed by atoms with van der Waals surface area (Å²) >= 11 is 0. The van der Waals surface area contributed by atoms with Gasteiger partial charge in [0.15, 0.2) is 0 Å². The van der Waals surface area contributed by atoms with Crippen molar-refractivity contribution in [3.63, 3.8) is 0 Å². The van der Waals surface area contributed by atoms with E-state index in [0.717, 1.165) is 30.2 Å². The molecule has 2 aromatic carbocycles. The van der Waals surface area contributed by atoms with E-state index in [2.05, 4.69) is 17.4 Å².